The minimum atomic E-state index is -4.75. The lowest BCUT2D eigenvalue weighted by Gasteiger charge is -2.14. The molecule has 1 heterocycles. The lowest BCUT2D eigenvalue weighted by Crippen LogP contribution is -2.20. The molecule has 0 spiro atoms. The molecule has 1 aromatic heterocycles. The van der Waals surface area contributed by atoms with Gasteiger partial charge < -0.3 is 5.32 Å². The van der Waals surface area contributed by atoms with Gasteiger partial charge in [0.2, 0.25) is 0 Å². The number of aromatic nitrogens is 1. The summed E-state index contributed by atoms with van der Waals surface area (Å²) in [6, 6.07) is 11.1. The summed E-state index contributed by atoms with van der Waals surface area (Å²) in [6.07, 6.45) is -3.67. The summed E-state index contributed by atoms with van der Waals surface area (Å²) in [5.74, 6) is -3.20. The van der Waals surface area contributed by atoms with E-state index in [1.807, 2.05) is 0 Å². The quantitative estimate of drug-likeness (QED) is 0.629. The zero-order chi connectivity index (χ0) is 19.6. The van der Waals surface area contributed by atoms with E-state index in [9.17, 15) is 26.7 Å². The van der Waals surface area contributed by atoms with Gasteiger partial charge in [-0.1, -0.05) is 24.3 Å². The molecule has 138 valence electrons. The Morgan fingerprint density at radius 1 is 0.926 bits per heavy atom. The number of nitrogens with one attached hydrogen (secondary N) is 1. The Bertz CT molecular complexity index is 1000. The van der Waals surface area contributed by atoms with Gasteiger partial charge in [0.05, 0.1) is 5.56 Å². The fourth-order valence-electron chi connectivity index (χ4n) is 2.50. The summed E-state index contributed by atoms with van der Waals surface area (Å²) in [5.41, 5.74) is -1.26. The summed E-state index contributed by atoms with van der Waals surface area (Å²) in [6.45, 7) is 0. The van der Waals surface area contributed by atoms with Crippen LogP contribution < -0.4 is 5.32 Å². The molecule has 0 unspecified atom stereocenters. The summed E-state index contributed by atoms with van der Waals surface area (Å²) < 4.78 is 65.9. The van der Waals surface area contributed by atoms with Crippen molar-refractivity contribution in [2.75, 3.05) is 5.32 Å². The van der Waals surface area contributed by atoms with Gasteiger partial charge in [0.15, 0.2) is 11.6 Å². The molecule has 1 amide bonds. The Morgan fingerprint density at radius 3 is 2.37 bits per heavy atom. The minimum Gasteiger partial charge on any atom is -0.320 e. The number of amides is 1. The first-order chi connectivity index (χ1) is 12.8. The van der Waals surface area contributed by atoms with Crippen LogP contribution in [0.1, 0.15) is 16.1 Å². The van der Waals surface area contributed by atoms with E-state index in [1.54, 1.807) is 12.1 Å². The van der Waals surface area contributed by atoms with Crippen LogP contribution in [-0.2, 0) is 6.18 Å². The second-order valence-corrected chi connectivity index (χ2v) is 5.53. The van der Waals surface area contributed by atoms with Crippen LogP contribution in [0.2, 0.25) is 0 Å². The molecule has 0 aliphatic rings. The van der Waals surface area contributed by atoms with Crippen molar-refractivity contribution < 1.29 is 26.7 Å². The number of carbonyl (C=O) groups is 1. The molecule has 2 aromatic carbocycles. The van der Waals surface area contributed by atoms with Crippen molar-refractivity contribution in [3.63, 3.8) is 0 Å². The molecule has 0 atom stereocenters. The summed E-state index contributed by atoms with van der Waals surface area (Å²) in [7, 11) is 0. The summed E-state index contributed by atoms with van der Waals surface area (Å²) in [4.78, 5) is 15.9. The standard InChI is InChI=1S/C19H11F5N2O/c20-14-8-7-11(10-15(14)21)12-4-1-2-6-16(12)26-18(27)17-13(19(22,23)24)5-3-9-25-17/h1-10H,(H,26,27). The van der Waals surface area contributed by atoms with Gasteiger partial charge in [-0.05, 0) is 35.9 Å². The molecule has 0 aliphatic heterocycles. The molecular formula is C19H11F5N2O. The van der Waals surface area contributed by atoms with Crippen molar-refractivity contribution >= 4 is 11.6 Å². The smallest absolute Gasteiger partial charge is 0.320 e. The van der Waals surface area contributed by atoms with Gasteiger partial charge in [0.1, 0.15) is 5.69 Å². The predicted octanol–water partition coefficient (Wildman–Crippen LogP) is 5.30. The number of nitrogens with zero attached hydrogens (tertiary/aromatic N) is 1. The molecule has 0 aliphatic carbocycles. The first kappa shape index (κ1) is 18.5. The van der Waals surface area contributed by atoms with Crippen molar-refractivity contribution in [3.05, 3.63) is 83.7 Å². The number of benzene rings is 2. The van der Waals surface area contributed by atoms with Crippen LogP contribution in [0.3, 0.4) is 0 Å². The van der Waals surface area contributed by atoms with Crippen molar-refractivity contribution in [2.45, 2.75) is 6.18 Å². The van der Waals surface area contributed by atoms with Crippen molar-refractivity contribution in [3.8, 4) is 11.1 Å². The first-order valence-corrected chi connectivity index (χ1v) is 7.65. The lowest BCUT2D eigenvalue weighted by atomic mass is 10.0. The van der Waals surface area contributed by atoms with Crippen LogP contribution in [-0.4, -0.2) is 10.9 Å². The Balaban J connectivity index is 1.98. The van der Waals surface area contributed by atoms with E-state index in [-0.39, 0.29) is 11.3 Å². The highest BCUT2D eigenvalue weighted by molar-refractivity contribution is 6.06. The van der Waals surface area contributed by atoms with Gasteiger partial charge in [-0.3, -0.25) is 9.78 Å². The SMILES string of the molecule is O=C(Nc1ccccc1-c1ccc(F)c(F)c1)c1ncccc1C(F)(F)F. The number of pyridine rings is 1. The van der Waals surface area contributed by atoms with Crippen LogP contribution in [0.25, 0.3) is 11.1 Å². The van der Waals surface area contributed by atoms with Gasteiger partial charge in [-0.25, -0.2) is 8.78 Å². The van der Waals surface area contributed by atoms with E-state index in [1.165, 1.54) is 18.2 Å². The lowest BCUT2D eigenvalue weighted by molar-refractivity contribution is -0.138. The van der Waals surface area contributed by atoms with E-state index in [0.29, 0.717) is 5.56 Å². The van der Waals surface area contributed by atoms with Gasteiger partial charge in [-0.15, -0.1) is 0 Å². The number of carbonyl (C=O) groups excluding carboxylic acids is 1. The fourth-order valence-corrected chi connectivity index (χ4v) is 2.50. The monoisotopic (exact) mass is 378 g/mol. The number of anilines is 1. The number of rotatable bonds is 3. The fraction of sp³-hybridized carbons (Fsp3) is 0.0526. The van der Waals surface area contributed by atoms with Gasteiger partial charge in [0, 0.05) is 17.4 Å². The van der Waals surface area contributed by atoms with Crippen LogP contribution in [0.15, 0.2) is 60.8 Å². The Kier molecular flexibility index (Phi) is 4.89. The Hall–Kier alpha value is -3.29. The van der Waals surface area contributed by atoms with Crippen LogP contribution >= 0.6 is 0 Å². The van der Waals surface area contributed by atoms with Crippen LogP contribution in [0.4, 0.5) is 27.6 Å². The van der Waals surface area contributed by atoms with E-state index in [4.69, 9.17) is 0 Å². The molecule has 8 heteroatoms. The molecule has 27 heavy (non-hydrogen) atoms. The van der Waals surface area contributed by atoms with E-state index < -0.39 is 35.0 Å². The molecule has 3 nitrogen and oxygen atoms in total. The largest absolute Gasteiger partial charge is 0.418 e. The Labute approximate surface area is 150 Å². The zero-order valence-electron chi connectivity index (χ0n) is 13.5. The summed E-state index contributed by atoms with van der Waals surface area (Å²) in [5, 5.41) is 2.35. The Morgan fingerprint density at radius 2 is 1.67 bits per heavy atom. The normalized spacial score (nSPS) is 11.3. The second-order valence-electron chi connectivity index (χ2n) is 5.53. The second kappa shape index (κ2) is 7.14. The number of hydrogen-bond acceptors (Lipinski definition) is 2. The molecule has 0 bridgehead atoms. The average molecular weight is 378 g/mol. The minimum absolute atomic E-state index is 0.132. The van der Waals surface area contributed by atoms with Crippen LogP contribution in [0, 0.1) is 11.6 Å². The van der Waals surface area contributed by atoms with Gasteiger partial charge in [0.25, 0.3) is 5.91 Å². The van der Waals surface area contributed by atoms with Gasteiger partial charge in [-0.2, -0.15) is 13.2 Å². The molecule has 1 N–H and O–H groups in total. The van der Waals surface area contributed by atoms with Crippen molar-refractivity contribution in [2.24, 2.45) is 0 Å². The van der Waals surface area contributed by atoms with E-state index in [0.717, 1.165) is 30.5 Å². The highest BCUT2D eigenvalue weighted by atomic mass is 19.4. The first-order valence-electron chi connectivity index (χ1n) is 7.65. The highest BCUT2D eigenvalue weighted by Gasteiger charge is 2.36. The maximum Gasteiger partial charge on any atom is 0.418 e. The van der Waals surface area contributed by atoms with Crippen molar-refractivity contribution in [1.82, 2.24) is 4.98 Å². The topological polar surface area (TPSA) is 42.0 Å². The molecule has 0 saturated heterocycles. The molecule has 0 saturated carbocycles. The van der Waals surface area contributed by atoms with Crippen molar-refractivity contribution in [1.29, 1.82) is 0 Å². The summed E-state index contributed by atoms with van der Waals surface area (Å²) >= 11 is 0. The molecule has 3 rings (SSSR count). The van der Waals surface area contributed by atoms with E-state index in [2.05, 4.69) is 10.3 Å². The number of para-hydroxylation sites is 1. The number of alkyl halides is 3. The zero-order valence-corrected chi connectivity index (χ0v) is 13.5. The third-order valence-corrected chi connectivity index (χ3v) is 3.73. The maximum atomic E-state index is 13.5. The molecule has 0 fully saturated rings. The third kappa shape index (κ3) is 3.94. The number of halogens is 5. The van der Waals surface area contributed by atoms with Crippen LogP contribution in [0.5, 0.6) is 0 Å². The maximum absolute atomic E-state index is 13.5. The average Bonchev–Trinajstić information content (AvgIpc) is 2.64. The molecule has 0 radical (unpaired) electrons. The molecular weight excluding hydrogens is 367 g/mol. The third-order valence-electron chi connectivity index (χ3n) is 3.73. The van der Waals surface area contributed by atoms with E-state index >= 15 is 0 Å². The predicted molar refractivity (Wildman–Crippen MR) is 89.0 cm³/mol. The number of hydrogen-bond donors (Lipinski definition) is 1. The van der Waals surface area contributed by atoms with Gasteiger partial charge >= 0.3 is 6.18 Å². The molecule has 3 aromatic rings. The highest BCUT2D eigenvalue weighted by Crippen LogP contribution is 2.33.